The van der Waals surface area contributed by atoms with Crippen molar-refractivity contribution in [2.45, 2.75) is 57.7 Å². The summed E-state index contributed by atoms with van der Waals surface area (Å²) in [6.07, 6.45) is 7.67. The molecule has 1 saturated heterocycles. The normalized spacial score (nSPS) is 23.4. The van der Waals surface area contributed by atoms with Gasteiger partial charge in [0.1, 0.15) is 12.4 Å². The van der Waals surface area contributed by atoms with Gasteiger partial charge in [0.2, 0.25) is 0 Å². The molecule has 0 aliphatic carbocycles. The molecule has 1 fully saturated rings. The SMILES string of the molecule is c1ccc2c(c1)CCN(Cc1ccc3c(c1)CCCC1CCCN1CCO3)C2. The first-order valence-corrected chi connectivity index (χ1v) is 11.1. The lowest BCUT2D eigenvalue weighted by Crippen LogP contribution is -2.33. The van der Waals surface area contributed by atoms with E-state index in [0.29, 0.717) is 0 Å². The number of aryl methyl sites for hydroxylation is 1. The van der Waals surface area contributed by atoms with Crippen LogP contribution in [0.4, 0.5) is 0 Å². The maximum Gasteiger partial charge on any atom is 0.122 e. The van der Waals surface area contributed by atoms with Crippen LogP contribution in [-0.2, 0) is 25.9 Å². The minimum atomic E-state index is 0.793. The molecule has 3 nitrogen and oxygen atoms in total. The van der Waals surface area contributed by atoms with E-state index in [1.165, 1.54) is 60.9 Å². The van der Waals surface area contributed by atoms with Gasteiger partial charge in [0.25, 0.3) is 0 Å². The van der Waals surface area contributed by atoms with Gasteiger partial charge in [-0.05, 0) is 73.4 Å². The fourth-order valence-corrected chi connectivity index (χ4v) is 5.33. The molecule has 5 rings (SSSR count). The predicted octanol–water partition coefficient (Wildman–Crippen LogP) is 4.42. The minimum absolute atomic E-state index is 0.793. The zero-order valence-corrected chi connectivity index (χ0v) is 16.9. The van der Waals surface area contributed by atoms with Gasteiger partial charge in [-0.3, -0.25) is 9.80 Å². The summed E-state index contributed by atoms with van der Waals surface area (Å²) in [5.41, 5.74) is 5.87. The Hall–Kier alpha value is -1.84. The molecular weight excluding hydrogens is 344 g/mol. The number of hydrogen-bond donors (Lipinski definition) is 0. The lowest BCUT2D eigenvalue weighted by atomic mass is 9.98. The van der Waals surface area contributed by atoms with Crippen LogP contribution in [-0.4, -0.2) is 42.1 Å². The van der Waals surface area contributed by atoms with Crippen LogP contribution < -0.4 is 4.74 Å². The van der Waals surface area contributed by atoms with Crippen LogP contribution in [0.5, 0.6) is 5.75 Å². The fourth-order valence-electron chi connectivity index (χ4n) is 5.33. The lowest BCUT2D eigenvalue weighted by Gasteiger charge is -2.29. The summed E-state index contributed by atoms with van der Waals surface area (Å²) in [6, 6.07) is 16.6. The summed E-state index contributed by atoms with van der Waals surface area (Å²) >= 11 is 0. The van der Waals surface area contributed by atoms with E-state index in [2.05, 4.69) is 52.3 Å². The van der Waals surface area contributed by atoms with Crippen LogP contribution in [0.1, 0.15) is 47.9 Å². The lowest BCUT2D eigenvalue weighted by molar-refractivity contribution is 0.184. The van der Waals surface area contributed by atoms with Crippen LogP contribution in [0, 0.1) is 0 Å². The number of hydrogen-bond acceptors (Lipinski definition) is 3. The Labute approximate surface area is 169 Å². The van der Waals surface area contributed by atoms with Gasteiger partial charge in [-0.15, -0.1) is 0 Å². The summed E-state index contributed by atoms with van der Waals surface area (Å²) in [5.74, 6) is 1.12. The van der Waals surface area contributed by atoms with Gasteiger partial charge in [-0.2, -0.15) is 0 Å². The molecule has 0 amide bonds. The third-order valence-corrected chi connectivity index (χ3v) is 6.86. The molecule has 1 atom stereocenters. The van der Waals surface area contributed by atoms with Crippen molar-refractivity contribution < 1.29 is 4.74 Å². The molecular formula is C25H32N2O. The molecule has 0 spiro atoms. The van der Waals surface area contributed by atoms with Crippen LogP contribution in [0.3, 0.4) is 0 Å². The molecule has 28 heavy (non-hydrogen) atoms. The molecule has 0 saturated carbocycles. The van der Waals surface area contributed by atoms with Crippen LogP contribution in [0.25, 0.3) is 0 Å². The quantitative estimate of drug-likeness (QED) is 0.771. The molecule has 0 bridgehead atoms. The van der Waals surface area contributed by atoms with Crippen LogP contribution >= 0.6 is 0 Å². The summed E-state index contributed by atoms with van der Waals surface area (Å²) in [6.45, 7) is 6.44. The summed E-state index contributed by atoms with van der Waals surface area (Å²) in [4.78, 5) is 5.23. The molecule has 2 aromatic rings. The molecule has 3 heteroatoms. The van der Waals surface area contributed by atoms with E-state index in [4.69, 9.17) is 4.74 Å². The highest BCUT2D eigenvalue weighted by Crippen LogP contribution is 2.28. The average Bonchev–Trinajstić information content (AvgIpc) is 3.17. The summed E-state index contributed by atoms with van der Waals surface area (Å²) in [7, 11) is 0. The third-order valence-electron chi connectivity index (χ3n) is 6.86. The highest BCUT2D eigenvalue weighted by Gasteiger charge is 2.25. The number of fused-ring (bicyclic) bond motifs is 3. The van der Waals surface area contributed by atoms with Crippen molar-refractivity contribution in [2.75, 3.05) is 26.2 Å². The second-order valence-corrected chi connectivity index (χ2v) is 8.74. The molecule has 1 unspecified atom stereocenters. The Balaban J connectivity index is 1.27. The standard InChI is InChI=1S/C25H32N2O/c1-2-6-23-19-26(14-12-21(23)5-1)18-20-10-11-25-22(17-20)7-3-8-24-9-4-13-27(24)15-16-28-25/h1-2,5-6,10-11,17,24H,3-4,7-9,12-16,18-19H2. The first-order chi connectivity index (χ1) is 13.8. The van der Waals surface area contributed by atoms with E-state index < -0.39 is 0 Å². The van der Waals surface area contributed by atoms with Gasteiger partial charge in [-0.1, -0.05) is 36.4 Å². The van der Waals surface area contributed by atoms with Gasteiger partial charge >= 0.3 is 0 Å². The molecule has 2 aromatic carbocycles. The molecule has 3 heterocycles. The van der Waals surface area contributed by atoms with Crippen molar-refractivity contribution in [3.63, 3.8) is 0 Å². The average molecular weight is 377 g/mol. The Bertz CT molecular complexity index is 818. The largest absolute Gasteiger partial charge is 0.492 e. The summed E-state index contributed by atoms with van der Waals surface area (Å²) < 4.78 is 6.21. The first kappa shape index (κ1) is 18.2. The van der Waals surface area contributed by atoms with Gasteiger partial charge in [0.05, 0.1) is 0 Å². The van der Waals surface area contributed by atoms with Crippen molar-refractivity contribution in [1.29, 1.82) is 0 Å². The van der Waals surface area contributed by atoms with Crippen molar-refractivity contribution in [1.82, 2.24) is 9.80 Å². The van der Waals surface area contributed by atoms with Crippen molar-refractivity contribution in [2.24, 2.45) is 0 Å². The number of benzene rings is 2. The molecule has 148 valence electrons. The minimum Gasteiger partial charge on any atom is -0.492 e. The van der Waals surface area contributed by atoms with Crippen LogP contribution in [0.15, 0.2) is 42.5 Å². The maximum absolute atomic E-state index is 6.21. The van der Waals surface area contributed by atoms with Crippen LogP contribution in [0.2, 0.25) is 0 Å². The monoisotopic (exact) mass is 376 g/mol. The number of ether oxygens (including phenoxy) is 1. The molecule has 0 aromatic heterocycles. The Kier molecular flexibility index (Phi) is 5.37. The Morgan fingerprint density at radius 1 is 0.857 bits per heavy atom. The highest BCUT2D eigenvalue weighted by molar-refractivity contribution is 5.38. The third kappa shape index (κ3) is 3.97. The molecule has 0 N–H and O–H groups in total. The van der Waals surface area contributed by atoms with Crippen molar-refractivity contribution in [3.05, 3.63) is 64.7 Å². The maximum atomic E-state index is 6.21. The second-order valence-electron chi connectivity index (χ2n) is 8.74. The summed E-state index contributed by atoms with van der Waals surface area (Å²) in [5, 5.41) is 0. The van der Waals surface area contributed by atoms with Crippen molar-refractivity contribution >= 4 is 0 Å². The highest BCUT2D eigenvalue weighted by atomic mass is 16.5. The van der Waals surface area contributed by atoms with E-state index in [-0.39, 0.29) is 0 Å². The van der Waals surface area contributed by atoms with E-state index in [1.54, 1.807) is 0 Å². The smallest absolute Gasteiger partial charge is 0.122 e. The zero-order chi connectivity index (χ0) is 18.8. The second kappa shape index (κ2) is 8.26. The van der Waals surface area contributed by atoms with E-state index in [1.807, 2.05) is 0 Å². The predicted molar refractivity (Wildman–Crippen MR) is 114 cm³/mol. The molecule has 0 radical (unpaired) electrons. The Morgan fingerprint density at radius 2 is 1.75 bits per heavy atom. The van der Waals surface area contributed by atoms with E-state index in [0.717, 1.165) is 51.0 Å². The topological polar surface area (TPSA) is 15.7 Å². The molecule has 3 aliphatic rings. The van der Waals surface area contributed by atoms with Gasteiger partial charge in [0, 0.05) is 32.2 Å². The fraction of sp³-hybridized carbons (Fsp3) is 0.520. The zero-order valence-electron chi connectivity index (χ0n) is 16.9. The van der Waals surface area contributed by atoms with Gasteiger partial charge in [0.15, 0.2) is 0 Å². The Morgan fingerprint density at radius 3 is 2.71 bits per heavy atom. The van der Waals surface area contributed by atoms with E-state index in [9.17, 15) is 0 Å². The number of rotatable bonds is 2. The van der Waals surface area contributed by atoms with Gasteiger partial charge < -0.3 is 4.74 Å². The molecule has 3 aliphatic heterocycles. The van der Waals surface area contributed by atoms with Crippen molar-refractivity contribution in [3.8, 4) is 5.75 Å². The van der Waals surface area contributed by atoms with E-state index >= 15 is 0 Å². The van der Waals surface area contributed by atoms with Gasteiger partial charge in [-0.25, -0.2) is 0 Å². The first-order valence-electron chi connectivity index (χ1n) is 11.1. The number of nitrogens with zero attached hydrogens (tertiary/aromatic N) is 2.